The fourth-order valence-corrected chi connectivity index (χ4v) is 1.74. The van der Waals surface area contributed by atoms with Crippen molar-refractivity contribution in [1.82, 2.24) is 9.78 Å². The Bertz CT molecular complexity index is 517. The summed E-state index contributed by atoms with van der Waals surface area (Å²) in [6.45, 7) is 0.366. The van der Waals surface area contributed by atoms with E-state index in [0.717, 1.165) is 11.3 Å². The van der Waals surface area contributed by atoms with Crippen molar-refractivity contribution in [2.24, 2.45) is 12.8 Å². The molecular formula is C13H15N3O. The van der Waals surface area contributed by atoms with Crippen LogP contribution in [-0.2, 0) is 7.05 Å². The topological polar surface area (TPSA) is 60.9 Å². The van der Waals surface area contributed by atoms with Crippen molar-refractivity contribution in [3.63, 3.8) is 0 Å². The Kier molecular flexibility index (Phi) is 3.35. The number of hydrogen-bond acceptors (Lipinski definition) is 3. The lowest BCUT2D eigenvalue weighted by atomic mass is 10.1. The monoisotopic (exact) mass is 229 g/mol. The molecule has 0 aliphatic heterocycles. The maximum atomic E-state index is 11.8. The Morgan fingerprint density at radius 3 is 2.71 bits per heavy atom. The van der Waals surface area contributed by atoms with Gasteiger partial charge in [-0.1, -0.05) is 30.3 Å². The number of aryl methyl sites for hydroxylation is 1. The summed E-state index contributed by atoms with van der Waals surface area (Å²) in [5, 5.41) is 4.34. The predicted octanol–water partition coefficient (Wildman–Crippen LogP) is 1.62. The Balaban J connectivity index is 2.34. The minimum atomic E-state index is 0.0321. The number of carbonyl (C=O) groups excluding carboxylic acids is 1. The van der Waals surface area contributed by atoms with Crippen LogP contribution < -0.4 is 5.73 Å². The third-order valence-corrected chi connectivity index (χ3v) is 2.61. The van der Waals surface area contributed by atoms with Gasteiger partial charge in [-0.15, -0.1) is 0 Å². The number of nitrogens with zero attached hydrogens (tertiary/aromatic N) is 2. The molecule has 1 aromatic carbocycles. The molecule has 0 spiro atoms. The van der Waals surface area contributed by atoms with Gasteiger partial charge in [0.1, 0.15) is 5.69 Å². The third-order valence-electron chi connectivity index (χ3n) is 2.61. The third kappa shape index (κ3) is 2.42. The molecule has 88 valence electrons. The Morgan fingerprint density at radius 2 is 2.06 bits per heavy atom. The average molecular weight is 229 g/mol. The molecule has 4 heteroatoms. The molecule has 4 nitrogen and oxygen atoms in total. The first-order valence-electron chi connectivity index (χ1n) is 5.55. The molecule has 0 saturated heterocycles. The van der Waals surface area contributed by atoms with E-state index >= 15 is 0 Å². The van der Waals surface area contributed by atoms with Gasteiger partial charge >= 0.3 is 0 Å². The molecule has 0 radical (unpaired) electrons. The van der Waals surface area contributed by atoms with Gasteiger partial charge in [0, 0.05) is 19.0 Å². The van der Waals surface area contributed by atoms with E-state index in [1.54, 1.807) is 11.7 Å². The molecule has 17 heavy (non-hydrogen) atoms. The minimum Gasteiger partial charge on any atom is -0.330 e. The maximum Gasteiger partial charge on any atom is 0.182 e. The Morgan fingerprint density at radius 1 is 1.35 bits per heavy atom. The van der Waals surface area contributed by atoms with Crippen LogP contribution in [0.4, 0.5) is 0 Å². The largest absolute Gasteiger partial charge is 0.330 e. The van der Waals surface area contributed by atoms with Crippen molar-refractivity contribution < 1.29 is 4.79 Å². The van der Waals surface area contributed by atoms with Crippen molar-refractivity contribution >= 4 is 5.78 Å². The van der Waals surface area contributed by atoms with Gasteiger partial charge in [-0.3, -0.25) is 9.48 Å². The van der Waals surface area contributed by atoms with Crippen molar-refractivity contribution in [1.29, 1.82) is 0 Å². The Hall–Kier alpha value is -1.94. The van der Waals surface area contributed by atoms with Gasteiger partial charge in [-0.25, -0.2) is 0 Å². The zero-order valence-corrected chi connectivity index (χ0v) is 9.76. The molecule has 2 rings (SSSR count). The minimum absolute atomic E-state index is 0.0321. The summed E-state index contributed by atoms with van der Waals surface area (Å²) in [5.74, 6) is 0.0321. The van der Waals surface area contributed by atoms with Crippen molar-refractivity contribution in [3.8, 4) is 11.3 Å². The van der Waals surface area contributed by atoms with E-state index in [1.807, 2.05) is 36.4 Å². The summed E-state index contributed by atoms with van der Waals surface area (Å²) < 4.78 is 1.61. The van der Waals surface area contributed by atoms with E-state index in [4.69, 9.17) is 5.73 Å². The highest BCUT2D eigenvalue weighted by atomic mass is 16.1. The fourth-order valence-electron chi connectivity index (χ4n) is 1.74. The summed E-state index contributed by atoms with van der Waals surface area (Å²) in [5.41, 5.74) is 7.81. The van der Waals surface area contributed by atoms with Crippen molar-refractivity contribution in [3.05, 3.63) is 42.1 Å². The number of Topliss-reactive ketones (excluding diaryl/α,β-unsaturated/α-hetero) is 1. The molecule has 0 fully saturated rings. The molecule has 0 aliphatic rings. The lowest BCUT2D eigenvalue weighted by Crippen LogP contribution is -2.11. The molecule has 0 amide bonds. The molecule has 1 aromatic heterocycles. The second kappa shape index (κ2) is 4.93. The van der Waals surface area contributed by atoms with E-state index in [0.29, 0.717) is 18.7 Å². The molecule has 1 heterocycles. The zero-order valence-electron chi connectivity index (χ0n) is 9.76. The Labute approximate surface area is 100 Å². The zero-order chi connectivity index (χ0) is 12.3. The number of ketones is 1. The highest BCUT2D eigenvalue weighted by molar-refractivity contribution is 5.95. The van der Waals surface area contributed by atoms with Crippen LogP contribution in [0.5, 0.6) is 0 Å². The first-order chi connectivity index (χ1) is 8.22. The van der Waals surface area contributed by atoms with Gasteiger partial charge in [0.2, 0.25) is 0 Å². The lowest BCUT2D eigenvalue weighted by molar-refractivity contribution is 0.0976. The summed E-state index contributed by atoms with van der Waals surface area (Å²) in [7, 11) is 1.77. The first-order valence-corrected chi connectivity index (χ1v) is 5.55. The van der Waals surface area contributed by atoms with Crippen LogP contribution >= 0.6 is 0 Å². The van der Waals surface area contributed by atoms with E-state index in [1.165, 1.54) is 0 Å². The van der Waals surface area contributed by atoms with E-state index in [2.05, 4.69) is 5.10 Å². The first kappa shape index (κ1) is 11.5. The van der Waals surface area contributed by atoms with Gasteiger partial charge in [0.15, 0.2) is 5.78 Å². The van der Waals surface area contributed by atoms with Crippen LogP contribution in [-0.4, -0.2) is 22.1 Å². The second-order valence-electron chi connectivity index (χ2n) is 3.87. The van der Waals surface area contributed by atoms with Gasteiger partial charge < -0.3 is 5.73 Å². The molecular weight excluding hydrogens is 214 g/mol. The molecule has 0 bridgehead atoms. The number of rotatable bonds is 4. The van der Waals surface area contributed by atoms with Crippen molar-refractivity contribution in [2.75, 3.05) is 6.54 Å². The quantitative estimate of drug-likeness (QED) is 0.810. The lowest BCUT2D eigenvalue weighted by Gasteiger charge is -1.97. The van der Waals surface area contributed by atoms with Gasteiger partial charge in [-0.2, -0.15) is 5.10 Å². The number of benzene rings is 1. The van der Waals surface area contributed by atoms with E-state index < -0.39 is 0 Å². The van der Waals surface area contributed by atoms with Gasteiger partial charge in [0.25, 0.3) is 0 Å². The number of hydrogen-bond donors (Lipinski definition) is 1. The van der Waals surface area contributed by atoms with Crippen molar-refractivity contribution in [2.45, 2.75) is 6.42 Å². The van der Waals surface area contributed by atoms with Gasteiger partial charge in [0.05, 0.1) is 5.69 Å². The summed E-state index contributed by atoms with van der Waals surface area (Å²) >= 11 is 0. The summed E-state index contributed by atoms with van der Waals surface area (Å²) in [6.07, 6.45) is 0.355. The van der Waals surface area contributed by atoms with Crippen LogP contribution in [0.25, 0.3) is 11.3 Å². The maximum absolute atomic E-state index is 11.8. The molecule has 0 aliphatic carbocycles. The van der Waals surface area contributed by atoms with Crippen LogP contribution in [0.15, 0.2) is 36.4 Å². The van der Waals surface area contributed by atoms with Crippen LogP contribution in [0.1, 0.15) is 16.9 Å². The highest BCUT2D eigenvalue weighted by Crippen LogP contribution is 2.18. The number of nitrogens with two attached hydrogens (primary N) is 1. The van der Waals surface area contributed by atoms with Crippen LogP contribution in [0.2, 0.25) is 0 Å². The normalized spacial score (nSPS) is 10.5. The fraction of sp³-hybridized carbons (Fsp3) is 0.231. The smallest absolute Gasteiger partial charge is 0.182 e. The number of carbonyl (C=O) groups is 1. The van der Waals surface area contributed by atoms with E-state index in [-0.39, 0.29) is 5.78 Å². The standard InChI is InChI=1S/C13H15N3O/c1-16-12(13(17)7-8-14)9-11(15-16)10-5-3-2-4-6-10/h2-6,9H,7-8,14H2,1H3. The molecule has 2 aromatic rings. The van der Waals surface area contributed by atoms with Gasteiger partial charge in [-0.05, 0) is 12.6 Å². The second-order valence-corrected chi connectivity index (χ2v) is 3.87. The molecule has 2 N–H and O–H groups in total. The summed E-state index contributed by atoms with van der Waals surface area (Å²) in [4.78, 5) is 11.8. The van der Waals surface area contributed by atoms with Crippen LogP contribution in [0, 0.1) is 0 Å². The predicted molar refractivity (Wildman–Crippen MR) is 66.6 cm³/mol. The molecule has 0 unspecified atom stereocenters. The SMILES string of the molecule is Cn1nc(-c2ccccc2)cc1C(=O)CCN. The average Bonchev–Trinajstić information content (AvgIpc) is 2.73. The number of aromatic nitrogens is 2. The summed E-state index contributed by atoms with van der Waals surface area (Å²) in [6, 6.07) is 11.6. The molecule has 0 saturated carbocycles. The van der Waals surface area contributed by atoms with E-state index in [9.17, 15) is 4.79 Å². The molecule has 0 atom stereocenters. The highest BCUT2D eigenvalue weighted by Gasteiger charge is 2.13. The van der Waals surface area contributed by atoms with Crippen LogP contribution in [0.3, 0.4) is 0 Å².